The molecule has 1 aromatic heterocycles. The van der Waals surface area contributed by atoms with Crippen LogP contribution in [0.25, 0.3) is 0 Å². The lowest BCUT2D eigenvalue weighted by molar-refractivity contribution is 0.205. The first-order valence-corrected chi connectivity index (χ1v) is 6.73. The first-order valence-electron chi connectivity index (χ1n) is 6.73. The molecule has 1 N–H and O–H groups in total. The second kappa shape index (κ2) is 5.89. The molecule has 0 saturated carbocycles. The average molecular weight is 282 g/mol. The zero-order valence-corrected chi connectivity index (χ0v) is 11.4. The van der Waals surface area contributed by atoms with Gasteiger partial charge in [0.1, 0.15) is 17.7 Å². The second-order valence-electron chi connectivity index (χ2n) is 4.82. The van der Waals surface area contributed by atoms with E-state index in [1.807, 2.05) is 30.3 Å². The molecule has 3 nitrogen and oxygen atoms in total. The second-order valence-corrected chi connectivity index (χ2v) is 4.82. The van der Waals surface area contributed by atoms with Crippen LogP contribution in [0.15, 0.2) is 67.0 Å². The van der Waals surface area contributed by atoms with Crippen LogP contribution in [0.3, 0.4) is 0 Å². The van der Waals surface area contributed by atoms with Crippen LogP contribution in [-0.4, -0.2) is 14.7 Å². The Morgan fingerprint density at radius 3 is 2.52 bits per heavy atom. The van der Waals surface area contributed by atoms with Gasteiger partial charge in [-0.25, -0.2) is 9.37 Å². The van der Waals surface area contributed by atoms with Crippen LogP contribution < -0.4 is 0 Å². The van der Waals surface area contributed by atoms with Gasteiger partial charge in [-0.05, 0) is 11.6 Å². The molecule has 1 heterocycles. The SMILES string of the molecule is OC(c1ccccc1)c1nccn1Cc1ccccc1F. The Morgan fingerprint density at radius 1 is 1.05 bits per heavy atom. The molecule has 4 heteroatoms. The van der Waals surface area contributed by atoms with E-state index in [0.717, 1.165) is 5.56 Å². The first kappa shape index (κ1) is 13.5. The van der Waals surface area contributed by atoms with Gasteiger partial charge in [0.15, 0.2) is 0 Å². The van der Waals surface area contributed by atoms with Gasteiger partial charge in [-0.15, -0.1) is 0 Å². The Labute approximate surface area is 122 Å². The van der Waals surface area contributed by atoms with Gasteiger partial charge in [0.2, 0.25) is 0 Å². The Morgan fingerprint density at radius 2 is 1.76 bits per heavy atom. The number of aliphatic hydroxyl groups is 1. The molecule has 0 aliphatic carbocycles. The van der Waals surface area contributed by atoms with E-state index in [1.54, 1.807) is 35.2 Å². The summed E-state index contributed by atoms with van der Waals surface area (Å²) >= 11 is 0. The summed E-state index contributed by atoms with van der Waals surface area (Å²) in [6.07, 6.45) is 2.53. The maximum atomic E-state index is 13.7. The number of hydrogen-bond acceptors (Lipinski definition) is 2. The molecular weight excluding hydrogens is 267 g/mol. The number of nitrogens with zero attached hydrogens (tertiary/aromatic N) is 2. The number of imidazole rings is 1. The summed E-state index contributed by atoms with van der Waals surface area (Å²) in [7, 11) is 0. The van der Waals surface area contributed by atoms with Crippen molar-refractivity contribution < 1.29 is 9.50 Å². The summed E-state index contributed by atoms with van der Waals surface area (Å²) in [6.45, 7) is 0.339. The molecule has 0 bridgehead atoms. The average Bonchev–Trinajstić information content (AvgIpc) is 2.98. The number of benzene rings is 2. The van der Waals surface area contributed by atoms with Crippen molar-refractivity contribution in [3.05, 3.63) is 89.8 Å². The molecule has 2 aromatic carbocycles. The minimum atomic E-state index is -0.826. The smallest absolute Gasteiger partial charge is 0.142 e. The van der Waals surface area contributed by atoms with E-state index in [1.165, 1.54) is 6.07 Å². The van der Waals surface area contributed by atoms with Crippen LogP contribution in [-0.2, 0) is 6.54 Å². The maximum Gasteiger partial charge on any atom is 0.142 e. The number of aromatic nitrogens is 2. The number of rotatable bonds is 4. The summed E-state index contributed by atoms with van der Waals surface area (Å²) in [5.41, 5.74) is 1.33. The largest absolute Gasteiger partial charge is 0.380 e. The quantitative estimate of drug-likeness (QED) is 0.798. The van der Waals surface area contributed by atoms with Crippen molar-refractivity contribution in [1.82, 2.24) is 9.55 Å². The topological polar surface area (TPSA) is 38.1 Å². The highest BCUT2D eigenvalue weighted by atomic mass is 19.1. The lowest BCUT2D eigenvalue weighted by atomic mass is 10.1. The predicted octanol–water partition coefficient (Wildman–Crippen LogP) is 3.15. The standard InChI is InChI=1S/C17H15FN2O/c18-15-9-5-4-8-14(15)12-20-11-10-19-17(20)16(21)13-6-2-1-3-7-13/h1-11,16,21H,12H2. The van der Waals surface area contributed by atoms with Crippen LogP contribution in [0.2, 0.25) is 0 Å². The van der Waals surface area contributed by atoms with Gasteiger partial charge >= 0.3 is 0 Å². The monoisotopic (exact) mass is 282 g/mol. The molecule has 106 valence electrons. The molecule has 0 spiro atoms. The molecule has 1 unspecified atom stereocenters. The van der Waals surface area contributed by atoms with E-state index < -0.39 is 6.10 Å². The van der Waals surface area contributed by atoms with Crippen LogP contribution in [0.4, 0.5) is 4.39 Å². The van der Waals surface area contributed by atoms with E-state index in [9.17, 15) is 9.50 Å². The molecule has 3 rings (SSSR count). The summed E-state index contributed by atoms with van der Waals surface area (Å²) in [4.78, 5) is 4.21. The molecule has 3 aromatic rings. The van der Waals surface area contributed by atoms with E-state index in [4.69, 9.17) is 0 Å². The van der Waals surface area contributed by atoms with Gasteiger partial charge in [0, 0.05) is 18.0 Å². The van der Waals surface area contributed by atoms with Crippen molar-refractivity contribution in [3.63, 3.8) is 0 Å². The van der Waals surface area contributed by atoms with Crippen molar-refractivity contribution in [2.75, 3.05) is 0 Å². The molecule has 0 aliphatic heterocycles. The van der Waals surface area contributed by atoms with Gasteiger partial charge in [-0.3, -0.25) is 0 Å². The fourth-order valence-corrected chi connectivity index (χ4v) is 2.30. The van der Waals surface area contributed by atoms with Crippen molar-refractivity contribution >= 4 is 0 Å². The van der Waals surface area contributed by atoms with Gasteiger partial charge in [-0.2, -0.15) is 0 Å². The highest BCUT2D eigenvalue weighted by Crippen LogP contribution is 2.21. The van der Waals surface area contributed by atoms with Crippen LogP contribution in [0.5, 0.6) is 0 Å². The van der Waals surface area contributed by atoms with Gasteiger partial charge in [-0.1, -0.05) is 48.5 Å². The van der Waals surface area contributed by atoms with Crippen molar-refractivity contribution in [2.45, 2.75) is 12.6 Å². The number of hydrogen-bond donors (Lipinski definition) is 1. The molecule has 1 atom stereocenters. The number of halogens is 1. The Kier molecular flexibility index (Phi) is 3.79. The van der Waals surface area contributed by atoms with Crippen molar-refractivity contribution in [3.8, 4) is 0 Å². The lowest BCUT2D eigenvalue weighted by Crippen LogP contribution is -2.11. The molecule has 0 aliphatic rings. The Hall–Kier alpha value is -2.46. The Bertz CT molecular complexity index is 724. The van der Waals surface area contributed by atoms with E-state index in [-0.39, 0.29) is 5.82 Å². The molecule has 0 fully saturated rings. The third-order valence-corrected chi connectivity index (χ3v) is 3.41. The molecule has 0 saturated heterocycles. The Balaban J connectivity index is 1.89. The fraction of sp³-hybridized carbons (Fsp3) is 0.118. The molecular formula is C17H15FN2O. The third-order valence-electron chi connectivity index (χ3n) is 3.41. The predicted molar refractivity (Wildman–Crippen MR) is 78.2 cm³/mol. The highest BCUT2D eigenvalue weighted by molar-refractivity contribution is 5.24. The maximum absolute atomic E-state index is 13.7. The highest BCUT2D eigenvalue weighted by Gasteiger charge is 2.16. The van der Waals surface area contributed by atoms with Gasteiger partial charge < -0.3 is 9.67 Å². The first-order chi connectivity index (χ1) is 10.3. The minimum Gasteiger partial charge on any atom is -0.380 e. The normalized spacial score (nSPS) is 12.3. The molecule has 21 heavy (non-hydrogen) atoms. The van der Waals surface area contributed by atoms with E-state index in [0.29, 0.717) is 17.9 Å². The summed E-state index contributed by atoms with van der Waals surface area (Å²) < 4.78 is 15.5. The van der Waals surface area contributed by atoms with Gasteiger partial charge in [0.05, 0.1) is 6.54 Å². The van der Waals surface area contributed by atoms with Crippen molar-refractivity contribution in [2.24, 2.45) is 0 Å². The van der Waals surface area contributed by atoms with Gasteiger partial charge in [0.25, 0.3) is 0 Å². The summed E-state index contributed by atoms with van der Waals surface area (Å²) in [5.74, 6) is 0.246. The summed E-state index contributed by atoms with van der Waals surface area (Å²) in [6, 6.07) is 15.9. The summed E-state index contributed by atoms with van der Waals surface area (Å²) in [5, 5.41) is 10.4. The van der Waals surface area contributed by atoms with Crippen LogP contribution in [0, 0.1) is 5.82 Å². The van der Waals surface area contributed by atoms with E-state index in [2.05, 4.69) is 4.98 Å². The zero-order valence-electron chi connectivity index (χ0n) is 11.4. The minimum absolute atomic E-state index is 0.258. The zero-order chi connectivity index (χ0) is 14.7. The van der Waals surface area contributed by atoms with Crippen molar-refractivity contribution in [1.29, 1.82) is 0 Å². The van der Waals surface area contributed by atoms with E-state index >= 15 is 0 Å². The lowest BCUT2D eigenvalue weighted by Gasteiger charge is -2.14. The van der Waals surface area contributed by atoms with Crippen LogP contribution in [0.1, 0.15) is 23.1 Å². The number of aliphatic hydroxyl groups excluding tert-OH is 1. The third kappa shape index (κ3) is 2.85. The fourth-order valence-electron chi connectivity index (χ4n) is 2.30. The molecule has 0 amide bonds. The van der Waals surface area contributed by atoms with Crippen LogP contribution >= 0.6 is 0 Å². The molecule has 0 radical (unpaired) electrons.